The van der Waals surface area contributed by atoms with E-state index in [4.69, 9.17) is 0 Å². The summed E-state index contributed by atoms with van der Waals surface area (Å²) < 4.78 is 14.9. The molecule has 2 fully saturated rings. The van der Waals surface area contributed by atoms with Crippen LogP contribution in [0, 0.1) is 12.7 Å². The molecular formula is C19H23FN4O2. The van der Waals surface area contributed by atoms with Crippen LogP contribution in [0.15, 0.2) is 23.1 Å². The summed E-state index contributed by atoms with van der Waals surface area (Å²) in [5.74, 6) is -0.455. The Balaban J connectivity index is 1.72. The lowest BCUT2D eigenvalue weighted by atomic mass is 9.91. The van der Waals surface area contributed by atoms with E-state index in [1.807, 2.05) is 11.8 Å². The lowest BCUT2D eigenvalue weighted by Gasteiger charge is -2.48. The number of aromatic nitrogens is 2. The van der Waals surface area contributed by atoms with E-state index < -0.39 is 5.82 Å². The molecule has 1 aliphatic carbocycles. The van der Waals surface area contributed by atoms with Gasteiger partial charge in [-0.05, 0) is 31.9 Å². The van der Waals surface area contributed by atoms with Crippen LogP contribution in [0.3, 0.4) is 0 Å². The fraction of sp³-hybridized carbons (Fsp3) is 0.526. The van der Waals surface area contributed by atoms with Crippen LogP contribution in [0.4, 0.5) is 4.39 Å². The first-order valence-corrected chi connectivity index (χ1v) is 9.14. The largest absolute Gasteiger partial charge is 0.342 e. The monoisotopic (exact) mass is 358 g/mol. The molecule has 6 nitrogen and oxygen atoms in total. The second-order valence-corrected chi connectivity index (χ2v) is 7.49. The molecule has 0 radical (unpaired) electrons. The molecular weight excluding hydrogens is 335 g/mol. The minimum absolute atomic E-state index is 0.0560. The predicted octanol–water partition coefficient (Wildman–Crippen LogP) is 1.73. The van der Waals surface area contributed by atoms with Crippen LogP contribution in [-0.2, 0) is 11.3 Å². The highest BCUT2D eigenvalue weighted by molar-refractivity contribution is 5.48. The quantitative estimate of drug-likeness (QED) is 0.784. The van der Waals surface area contributed by atoms with Gasteiger partial charge in [-0.3, -0.25) is 18.9 Å². The van der Waals surface area contributed by atoms with Crippen molar-refractivity contribution in [3.05, 3.63) is 45.8 Å². The van der Waals surface area contributed by atoms with Gasteiger partial charge in [0.1, 0.15) is 11.5 Å². The van der Waals surface area contributed by atoms with E-state index in [1.165, 1.54) is 22.7 Å². The fourth-order valence-electron chi connectivity index (χ4n) is 4.52. The molecule has 0 bridgehead atoms. The molecule has 3 heterocycles. The summed E-state index contributed by atoms with van der Waals surface area (Å²) in [6.07, 6.45) is 6.48. The fourth-order valence-corrected chi connectivity index (χ4v) is 4.52. The third kappa shape index (κ3) is 2.80. The molecule has 4 rings (SSSR count). The normalized spacial score (nSPS) is 20.2. The number of rotatable bonds is 3. The van der Waals surface area contributed by atoms with Crippen molar-refractivity contribution in [3.63, 3.8) is 0 Å². The Morgan fingerprint density at radius 2 is 2.04 bits per heavy atom. The second kappa shape index (κ2) is 6.46. The van der Waals surface area contributed by atoms with Crippen LogP contribution in [-0.4, -0.2) is 50.8 Å². The number of amides is 1. The molecule has 7 heteroatoms. The third-order valence-corrected chi connectivity index (χ3v) is 5.94. The molecule has 138 valence electrons. The number of piperazine rings is 1. The molecule has 1 spiro atoms. The number of pyridine rings is 1. The molecule has 0 unspecified atom stereocenters. The van der Waals surface area contributed by atoms with Gasteiger partial charge >= 0.3 is 0 Å². The summed E-state index contributed by atoms with van der Waals surface area (Å²) in [6.45, 7) is 4.45. The van der Waals surface area contributed by atoms with Gasteiger partial charge in [-0.15, -0.1) is 0 Å². The third-order valence-electron chi connectivity index (χ3n) is 5.94. The van der Waals surface area contributed by atoms with Gasteiger partial charge < -0.3 is 4.90 Å². The zero-order valence-corrected chi connectivity index (χ0v) is 14.9. The zero-order valence-electron chi connectivity index (χ0n) is 14.9. The Kier molecular flexibility index (Phi) is 4.26. The maximum Gasteiger partial charge on any atom is 0.262 e. The molecule has 1 saturated carbocycles. The van der Waals surface area contributed by atoms with Crippen molar-refractivity contribution < 1.29 is 9.18 Å². The van der Waals surface area contributed by atoms with Crippen LogP contribution in [0.25, 0.3) is 5.65 Å². The molecule has 1 saturated heterocycles. The summed E-state index contributed by atoms with van der Waals surface area (Å²) in [5.41, 5.74) is 1.49. The average Bonchev–Trinajstić information content (AvgIpc) is 3.09. The summed E-state index contributed by atoms with van der Waals surface area (Å²) in [7, 11) is 0. The van der Waals surface area contributed by atoms with Gasteiger partial charge in [-0.1, -0.05) is 12.8 Å². The van der Waals surface area contributed by atoms with Gasteiger partial charge in [0, 0.05) is 43.6 Å². The van der Waals surface area contributed by atoms with Crippen molar-refractivity contribution in [1.29, 1.82) is 0 Å². The summed E-state index contributed by atoms with van der Waals surface area (Å²) in [5, 5.41) is 0. The molecule has 26 heavy (non-hydrogen) atoms. The van der Waals surface area contributed by atoms with E-state index >= 15 is 0 Å². The first-order valence-electron chi connectivity index (χ1n) is 9.14. The standard InChI is InChI=1S/C19H23FN4O2/c1-14-16(18(26)24-10-15(20)4-5-17(24)21-14)11-23-9-8-22(13-25)12-19(23)6-2-3-7-19/h4-5,10,13H,2-3,6-9,11-12H2,1H3. The Morgan fingerprint density at radius 3 is 2.77 bits per heavy atom. The molecule has 1 amide bonds. The van der Waals surface area contributed by atoms with Crippen molar-refractivity contribution in [2.24, 2.45) is 0 Å². The molecule has 2 aromatic heterocycles. The van der Waals surface area contributed by atoms with Gasteiger partial charge in [-0.25, -0.2) is 9.37 Å². The number of fused-ring (bicyclic) bond motifs is 1. The van der Waals surface area contributed by atoms with E-state index in [2.05, 4.69) is 9.88 Å². The van der Waals surface area contributed by atoms with Crippen molar-refractivity contribution in [2.75, 3.05) is 19.6 Å². The van der Waals surface area contributed by atoms with E-state index in [1.54, 1.807) is 0 Å². The van der Waals surface area contributed by atoms with Gasteiger partial charge in [0.2, 0.25) is 6.41 Å². The molecule has 0 N–H and O–H groups in total. The Morgan fingerprint density at radius 1 is 1.27 bits per heavy atom. The minimum Gasteiger partial charge on any atom is -0.342 e. The van der Waals surface area contributed by atoms with Gasteiger partial charge in [0.05, 0.1) is 5.56 Å². The van der Waals surface area contributed by atoms with Crippen molar-refractivity contribution in [2.45, 2.75) is 44.7 Å². The lowest BCUT2D eigenvalue weighted by Crippen LogP contribution is -2.60. The maximum atomic E-state index is 13.6. The average molecular weight is 358 g/mol. The number of hydrogen-bond acceptors (Lipinski definition) is 4. The van der Waals surface area contributed by atoms with E-state index in [0.717, 1.165) is 38.6 Å². The highest BCUT2D eigenvalue weighted by atomic mass is 19.1. The molecule has 2 aromatic rings. The molecule has 0 aromatic carbocycles. The zero-order chi connectivity index (χ0) is 18.3. The molecule has 1 aliphatic heterocycles. The maximum absolute atomic E-state index is 13.6. The molecule has 2 aliphatic rings. The number of nitrogens with zero attached hydrogens (tertiary/aromatic N) is 4. The van der Waals surface area contributed by atoms with Crippen molar-refractivity contribution >= 4 is 12.1 Å². The number of carbonyl (C=O) groups excluding carboxylic acids is 1. The van der Waals surface area contributed by atoms with E-state index in [0.29, 0.717) is 36.5 Å². The molecule has 0 atom stereocenters. The SMILES string of the molecule is Cc1nc2ccc(F)cn2c(=O)c1CN1CCN(C=O)CC12CCCC2. The predicted molar refractivity (Wildman–Crippen MR) is 95.4 cm³/mol. The number of aryl methyl sites for hydroxylation is 1. The Hall–Kier alpha value is -2.28. The van der Waals surface area contributed by atoms with E-state index in [-0.39, 0.29) is 11.1 Å². The van der Waals surface area contributed by atoms with Crippen LogP contribution in [0.5, 0.6) is 0 Å². The number of halogens is 1. The van der Waals surface area contributed by atoms with Crippen LogP contribution in [0.2, 0.25) is 0 Å². The smallest absolute Gasteiger partial charge is 0.262 e. The van der Waals surface area contributed by atoms with Crippen molar-refractivity contribution in [3.8, 4) is 0 Å². The van der Waals surface area contributed by atoms with Crippen LogP contribution in [0.1, 0.15) is 36.9 Å². The Bertz CT molecular complexity index is 904. The van der Waals surface area contributed by atoms with Crippen molar-refractivity contribution in [1.82, 2.24) is 19.2 Å². The number of hydrogen-bond donors (Lipinski definition) is 0. The summed E-state index contributed by atoms with van der Waals surface area (Å²) in [6, 6.07) is 2.84. The van der Waals surface area contributed by atoms with Gasteiger partial charge in [0.25, 0.3) is 5.56 Å². The van der Waals surface area contributed by atoms with Gasteiger partial charge in [-0.2, -0.15) is 0 Å². The highest BCUT2D eigenvalue weighted by Crippen LogP contribution is 2.38. The van der Waals surface area contributed by atoms with E-state index in [9.17, 15) is 14.0 Å². The Labute approximate surface area is 151 Å². The number of carbonyl (C=O) groups is 1. The lowest BCUT2D eigenvalue weighted by molar-refractivity contribution is -0.124. The minimum atomic E-state index is -0.455. The van der Waals surface area contributed by atoms with Crippen LogP contribution >= 0.6 is 0 Å². The first kappa shape index (κ1) is 17.1. The second-order valence-electron chi connectivity index (χ2n) is 7.49. The van der Waals surface area contributed by atoms with Gasteiger partial charge in [0.15, 0.2) is 0 Å². The topological polar surface area (TPSA) is 57.9 Å². The summed E-state index contributed by atoms with van der Waals surface area (Å²) >= 11 is 0. The summed E-state index contributed by atoms with van der Waals surface area (Å²) in [4.78, 5) is 32.9. The first-order chi connectivity index (χ1) is 12.5. The van der Waals surface area contributed by atoms with Crippen LogP contribution < -0.4 is 5.56 Å². The highest BCUT2D eigenvalue weighted by Gasteiger charge is 2.43.